The number of phenolic OH excluding ortho intramolecular Hbond substituents is 1. The normalized spacial score (nSPS) is 11.9. The van der Waals surface area contributed by atoms with Crippen LogP contribution < -0.4 is 14.8 Å². The molecule has 4 aromatic rings. The fraction of sp³-hybridized carbons (Fsp3) is 0.179. The molecule has 0 aliphatic carbocycles. The summed E-state index contributed by atoms with van der Waals surface area (Å²) in [5.74, 6) is -0.0333. The second kappa shape index (κ2) is 8.75. The molecule has 0 amide bonds. The number of aromatic hydroxyl groups is 1. The topological polar surface area (TPSA) is 55.8 Å². The summed E-state index contributed by atoms with van der Waals surface area (Å²) in [5.41, 5.74) is 0.132. The van der Waals surface area contributed by atoms with E-state index in [-0.39, 0.29) is 16.4 Å². The van der Waals surface area contributed by atoms with E-state index >= 15 is 0 Å². The van der Waals surface area contributed by atoms with Gasteiger partial charge in [-0.05, 0) is 39.0 Å². The number of fused-ring (bicyclic) bond motifs is 1. The minimum absolute atomic E-state index is 0.132. The van der Waals surface area contributed by atoms with Crippen LogP contribution in [0.2, 0.25) is 5.04 Å². The van der Waals surface area contributed by atoms with Crippen LogP contribution in [0.3, 0.4) is 0 Å². The van der Waals surface area contributed by atoms with E-state index in [4.69, 9.17) is 9.16 Å². The van der Waals surface area contributed by atoms with Gasteiger partial charge in [-0.15, -0.1) is 0 Å². The number of hydrogen-bond acceptors (Lipinski definition) is 4. The molecule has 0 aromatic heterocycles. The van der Waals surface area contributed by atoms with Crippen LogP contribution in [-0.4, -0.2) is 26.5 Å². The average molecular weight is 457 g/mol. The minimum atomic E-state index is -2.84. The molecule has 33 heavy (non-hydrogen) atoms. The fourth-order valence-electron chi connectivity index (χ4n) is 4.46. The Morgan fingerprint density at radius 1 is 0.818 bits per heavy atom. The molecule has 0 spiro atoms. The van der Waals surface area contributed by atoms with E-state index in [0.29, 0.717) is 5.75 Å². The van der Waals surface area contributed by atoms with Crippen LogP contribution >= 0.6 is 0 Å². The van der Waals surface area contributed by atoms with Crippen LogP contribution in [0.15, 0.2) is 91.0 Å². The molecule has 0 unspecified atom stereocenters. The Labute approximate surface area is 195 Å². The molecule has 0 saturated carbocycles. The quantitative estimate of drug-likeness (QED) is 0.328. The third-order valence-electron chi connectivity index (χ3n) is 6.04. The summed E-state index contributed by atoms with van der Waals surface area (Å²) >= 11 is 0. The van der Waals surface area contributed by atoms with Crippen molar-refractivity contribution < 1.29 is 19.1 Å². The van der Waals surface area contributed by atoms with Gasteiger partial charge in [-0.2, -0.15) is 0 Å². The van der Waals surface area contributed by atoms with Gasteiger partial charge in [-0.3, -0.25) is 0 Å². The highest BCUT2D eigenvalue weighted by molar-refractivity contribution is 7.00. The molecule has 5 heteroatoms. The number of carbonyl (C=O) groups is 1. The second-order valence-corrected chi connectivity index (χ2v) is 13.3. The Morgan fingerprint density at radius 2 is 1.39 bits per heavy atom. The van der Waals surface area contributed by atoms with Crippen LogP contribution in [0.1, 0.15) is 31.1 Å². The SMILES string of the molecule is COC(=O)c1cc2cccc(O[Si](c3ccccc3)(c3ccccc3)C(C)(C)C)c2cc1O. The molecule has 0 bridgehead atoms. The van der Waals surface area contributed by atoms with Gasteiger partial charge in [0.05, 0.1) is 7.11 Å². The first-order chi connectivity index (χ1) is 15.8. The van der Waals surface area contributed by atoms with Crippen molar-refractivity contribution in [1.82, 2.24) is 0 Å². The molecule has 4 aromatic carbocycles. The number of benzene rings is 4. The Bertz CT molecular complexity index is 1240. The summed E-state index contributed by atoms with van der Waals surface area (Å²) in [6.45, 7) is 6.66. The smallest absolute Gasteiger partial charge is 0.341 e. The summed E-state index contributed by atoms with van der Waals surface area (Å²) < 4.78 is 12.0. The van der Waals surface area contributed by atoms with Gasteiger partial charge in [0.1, 0.15) is 17.1 Å². The molecule has 4 nitrogen and oxygen atoms in total. The maximum Gasteiger partial charge on any atom is 0.341 e. The van der Waals surface area contributed by atoms with E-state index in [2.05, 4.69) is 45.0 Å². The second-order valence-electron chi connectivity index (χ2n) is 9.10. The van der Waals surface area contributed by atoms with Crippen molar-refractivity contribution in [2.45, 2.75) is 25.8 Å². The maximum absolute atomic E-state index is 12.1. The zero-order chi connectivity index (χ0) is 23.6. The maximum atomic E-state index is 12.1. The molecular weight excluding hydrogens is 428 g/mol. The van der Waals surface area contributed by atoms with Gasteiger partial charge >= 0.3 is 14.3 Å². The van der Waals surface area contributed by atoms with Crippen molar-refractivity contribution in [3.8, 4) is 11.5 Å². The van der Waals surface area contributed by atoms with Crippen molar-refractivity contribution in [3.05, 3.63) is 96.6 Å². The molecule has 0 heterocycles. The van der Waals surface area contributed by atoms with Gasteiger partial charge < -0.3 is 14.3 Å². The first-order valence-electron chi connectivity index (χ1n) is 10.9. The van der Waals surface area contributed by atoms with E-state index in [1.165, 1.54) is 7.11 Å². The molecule has 0 aliphatic heterocycles. The lowest BCUT2D eigenvalue weighted by molar-refractivity contribution is 0.0597. The van der Waals surface area contributed by atoms with Crippen molar-refractivity contribution in [2.75, 3.05) is 7.11 Å². The Kier molecular flexibility index (Phi) is 6.00. The molecule has 4 rings (SSSR count). The number of carbonyl (C=O) groups excluding carboxylic acids is 1. The largest absolute Gasteiger partial charge is 0.534 e. The molecule has 1 N–H and O–H groups in total. The van der Waals surface area contributed by atoms with Gasteiger partial charge in [0.15, 0.2) is 0 Å². The number of hydrogen-bond donors (Lipinski definition) is 1. The Hall–Kier alpha value is -3.57. The van der Waals surface area contributed by atoms with Crippen LogP contribution in [0.5, 0.6) is 11.5 Å². The highest BCUT2D eigenvalue weighted by atomic mass is 28.4. The monoisotopic (exact) mass is 456 g/mol. The summed E-state index contributed by atoms with van der Waals surface area (Å²) in [5, 5.41) is 14.2. The first kappa shape index (κ1) is 22.6. The van der Waals surface area contributed by atoms with E-state index in [0.717, 1.165) is 21.1 Å². The first-order valence-corrected chi connectivity index (χ1v) is 12.8. The highest BCUT2D eigenvalue weighted by Gasteiger charge is 2.52. The molecule has 0 atom stereocenters. The van der Waals surface area contributed by atoms with E-state index < -0.39 is 14.3 Å². The van der Waals surface area contributed by atoms with Gasteiger partial charge in [0.25, 0.3) is 0 Å². The zero-order valence-corrected chi connectivity index (χ0v) is 20.3. The minimum Gasteiger partial charge on any atom is -0.534 e. The lowest BCUT2D eigenvalue weighted by Gasteiger charge is -2.43. The van der Waals surface area contributed by atoms with Gasteiger partial charge in [0, 0.05) is 5.39 Å². The number of rotatable bonds is 5. The van der Waals surface area contributed by atoms with Gasteiger partial charge in [0.2, 0.25) is 0 Å². The third-order valence-corrected chi connectivity index (χ3v) is 11.0. The molecular formula is C28H28O4Si. The van der Waals surface area contributed by atoms with Crippen molar-refractivity contribution in [2.24, 2.45) is 0 Å². The van der Waals surface area contributed by atoms with Crippen LogP contribution in [0.25, 0.3) is 10.8 Å². The molecule has 0 fully saturated rings. The fourth-order valence-corrected chi connectivity index (χ4v) is 8.90. The Balaban J connectivity index is 1.98. The third kappa shape index (κ3) is 4.00. The number of phenols is 1. The van der Waals surface area contributed by atoms with Crippen LogP contribution in [0, 0.1) is 0 Å². The molecule has 0 saturated heterocycles. The zero-order valence-electron chi connectivity index (χ0n) is 19.3. The van der Waals surface area contributed by atoms with Crippen molar-refractivity contribution in [3.63, 3.8) is 0 Å². The number of methoxy groups -OCH3 is 1. The van der Waals surface area contributed by atoms with E-state index in [1.54, 1.807) is 12.1 Å². The van der Waals surface area contributed by atoms with Crippen molar-refractivity contribution >= 4 is 35.4 Å². The summed E-state index contributed by atoms with van der Waals surface area (Å²) in [4.78, 5) is 12.1. The summed E-state index contributed by atoms with van der Waals surface area (Å²) in [7, 11) is -1.54. The highest BCUT2D eigenvalue weighted by Crippen LogP contribution is 2.40. The summed E-state index contributed by atoms with van der Waals surface area (Å²) in [6, 6.07) is 29.8. The average Bonchev–Trinajstić information content (AvgIpc) is 2.82. The van der Waals surface area contributed by atoms with Gasteiger partial charge in [-0.1, -0.05) is 93.6 Å². The van der Waals surface area contributed by atoms with Gasteiger partial charge in [-0.25, -0.2) is 4.79 Å². The lowest BCUT2D eigenvalue weighted by Crippen LogP contribution is -2.68. The van der Waals surface area contributed by atoms with Crippen molar-refractivity contribution in [1.29, 1.82) is 0 Å². The Morgan fingerprint density at radius 3 is 1.91 bits per heavy atom. The van der Waals surface area contributed by atoms with E-state index in [1.807, 2.05) is 54.6 Å². The lowest BCUT2D eigenvalue weighted by atomic mass is 10.1. The predicted octanol–water partition coefficient (Wildman–Crippen LogP) is 5.27. The van der Waals surface area contributed by atoms with E-state index in [9.17, 15) is 9.90 Å². The molecule has 168 valence electrons. The van der Waals surface area contributed by atoms with Crippen LogP contribution in [0.4, 0.5) is 0 Å². The standard InChI is InChI=1S/C28H28O4Si/c1-28(2,3)33(21-13-7-5-8-14-21,22-15-9-6-10-16-22)32-26-17-11-12-20-18-24(27(30)31-4)25(29)19-23(20)26/h5-19,29H,1-4H3. The molecule has 0 aliphatic rings. The molecule has 0 radical (unpaired) electrons. The number of ether oxygens (including phenoxy) is 1. The van der Waals surface area contributed by atoms with Crippen LogP contribution in [-0.2, 0) is 4.74 Å². The number of esters is 1. The predicted molar refractivity (Wildman–Crippen MR) is 135 cm³/mol. The summed E-state index contributed by atoms with van der Waals surface area (Å²) in [6.07, 6.45) is 0.